The lowest BCUT2D eigenvalue weighted by Gasteiger charge is -2.33. The number of rotatable bonds is 7. The Bertz CT molecular complexity index is 954. The number of nitrogens with one attached hydrogen (secondary N) is 1. The molecule has 0 unspecified atom stereocenters. The highest BCUT2D eigenvalue weighted by atomic mass is 16.5. The number of hydrogen-bond donors (Lipinski definition) is 1. The van der Waals surface area contributed by atoms with Crippen LogP contribution in [-0.4, -0.2) is 53.1 Å². The van der Waals surface area contributed by atoms with Gasteiger partial charge in [0.2, 0.25) is 5.91 Å². The predicted molar refractivity (Wildman–Crippen MR) is 110 cm³/mol. The van der Waals surface area contributed by atoms with E-state index in [4.69, 9.17) is 9.72 Å². The molecule has 1 aliphatic heterocycles. The van der Waals surface area contributed by atoms with Crippen LogP contribution in [0.4, 0.5) is 5.82 Å². The second-order valence-electron chi connectivity index (χ2n) is 7.17. The van der Waals surface area contributed by atoms with E-state index in [9.17, 15) is 4.79 Å². The van der Waals surface area contributed by atoms with Gasteiger partial charge in [-0.05, 0) is 50.5 Å². The number of hydrogen-bond acceptors (Lipinski definition) is 5. The number of nitrogens with zero attached hydrogens (tertiary/aromatic N) is 4. The SMILES string of the molecule is CCOCCCNC(=O)[C@H]1CCCN(c2nc3ncccc3n3cccc23)C1. The first-order chi connectivity index (χ1) is 13.8. The van der Waals surface area contributed by atoms with Crippen molar-refractivity contribution in [2.45, 2.75) is 26.2 Å². The van der Waals surface area contributed by atoms with Crippen molar-refractivity contribution in [2.24, 2.45) is 5.92 Å². The quantitative estimate of drug-likeness (QED) is 0.637. The first-order valence-electron chi connectivity index (χ1n) is 10.1. The van der Waals surface area contributed by atoms with Crippen LogP contribution in [0, 0.1) is 5.92 Å². The van der Waals surface area contributed by atoms with Crippen LogP contribution in [0.1, 0.15) is 26.2 Å². The van der Waals surface area contributed by atoms with Crippen LogP contribution in [0.15, 0.2) is 36.7 Å². The first kappa shape index (κ1) is 18.7. The Hall–Kier alpha value is -2.67. The lowest BCUT2D eigenvalue weighted by atomic mass is 9.97. The molecule has 1 fully saturated rings. The maximum Gasteiger partial charge on any atom is 0.224 e. The molecule has 0 saturated carbocycles. The predicted octanol–water partition coefficient (Wildman–Crippen LogP) is 2.64. The van der Waals surface area contributed by atoms with E-state index in [1.165, 1.54) is 0 Å². The fourth-order valence-electron chi connectivity index (χ4n) is 3.88. The molecule has 0 aromatic carbocycles. The Morgan fingerprint density at radius 3 is 3.11 bits per heavy atom. The van der Waals surface area contributed by atoms with Gasteiger partial charge in [0.25, 0.3) is 0 Å². The van der Waals surface area contributed by atoms with Crippen LogP contribution in [-0.2, 0) is 9.53 Å². The van der Waals surface area contributed by atoms with Crippen LogP contribution in [0.25, 0.3) is 16.7 Å². The lowest BCUT2D eigenvalue weighted by Crippen LogP contribution is -2.43. The smallest absolute Gasteiger partial charge is 0.224 e. The van der Waals surface area contributed by atoms with E-state index in [0.717, 1.165) is 48.3 Å². The molecule has 0 aliphatic carbocycles. The molecule has 0 radical (unpaired) electrons. The van der Waals surface area contributed by atoms with E-state index >= 15 is 0 Å². The van der Waals surface area contributed by atoms with Crippen molar-refractivity contribution >= 4 is 28.4 Å². The van der Waals surface area contributed by atoms with Crippen molar-refractivity contribution < 1.29 is 9.53 Å². The van der Waals surface area contributed by atoms with Crippen molar-refractivity contribution in [2.75, 3.05) is 37.7 Å². The number of piperidine rings is 1. The minimum absolute atomic E-state index is 0.0166. The molecule has 3 aromatic heterocycles. The van der Waals surface area contributed by atoms with Gasteiger partial charge in [0.15, 0.2) is 11.5 Å². The minimum atomic E-state index is -0.0166. The van der Waals surface area contributed by atoms with Crippen LogP contribution < -0.4 is 10.2 Å². The summed E-state index contributed by atoms with van der Waals surface area (Å²) in [6, 6.07) is 8.06. The molecule has 0 bridgehead atoms. The zero-order valence-corrected chi connectivity index (χ0v) is 16.3. The molecule has 7 heteroatoms. The van der Waals surface area contributed by atoms with E-state index in [-0.39, 0.29) is 11.8 Å². The van der Waals surface area contributed by atoms with Gasteiger partial charge >= 0.3 is 0 Å². The maximum atomic E-state index is 12.6. The summed E-state index contributed by atoms with van der Waals surface area (Å²) in [7, 11) is 0. The Balaban J connectivity index is 1.50. The Morgan fingerprint density at radius 2 is 2.21 bits per heavy atom. The normalized spacial score (nSPS) is 17.3. The average Bonchev–Trinajstić information content (AvgIpc) is 3.23. The summed E-state index contributed by atoms with van der Waals surface area (Å²) in [5, 5.41) is 3.06. The fraction of sp³-hybridized carbons (Fsp3) is 0.476. The number of fused-ring (bicyclic) bond motifs is 3. The van der Waals surface area contributed by atoms with Gasteiger partial charge in [-0.2, -0.15) is 0 Å². The molecular weight excluding hydrogens is 354 g/mol. The highest BCUT2D eigenvalue weighted by Crippen LogP contribution is 2.28. The van der Waals surface area contributed by atoms with Gasteiger partial charge in [-0.25, -0.2) is 9.97 Å². The molecule has 148 valence electrons. The second-order valence-corrected chi connectivity index (χ2v) is 7.17. The van der Waals surface area contributed by atoms with E-state index in [1.807, 2.05) is 31.3 Å². The van der Waals surface area contributed by atoms with E-state index in [2.05, 4.69) is 25.7 Å². The summed E-state index contributed by atoms with van der Waals surface area (Å²) in [4.78, 5) is 24.1. The molecule has 4 heterocycles. The zero-order chi connectivity index (χ0) is 19.3. The fourth-order valence-corrected chi connectivity index (χ4v) is 3.88. The molecule has 1 saturated heterocycles. The molecule has 1 atom stereocenters. The van der Waals surface area contributed by atoms with Crippen molar-refractivity contribution in [3.63, 3.8) is 0 Å². The van der Waals surface area contributed by atoms with Crippen molar-refractivity contribution in [1.29, 1.82) is 0 Å². The molecule has 1 N–H and O–H groups in total. The Kier molecular flexibility index (Phi) is 5.71. The number of anilines is 1. The van der Waals surface area contributed by atoms with Crippen molar-refractivity contribution in [3.8, 4) is 0 Å². The lowest BCUT2D eigenvalue weighted by molar-refractivity contribution is -0.125. The molecule has 1 aliphatic rings. The van der Waals surface area contributed by atoms with Gasteiger partial charge < -0.3 is 19.4 Å². The van der Waals surface area contributed by atoms with Gasteiger partial charge in [-0.3, -0.25) is 4.79 Å². The summed E-state index contributed by atoms with van der Waals surface area (Å²) in [6.07, 6.45) is 6.54. The highest BCUT2D eigenvalue weighted by molar-refractivity contribution is 5.84. The summed E-state index contributed by atoms with van der Waals surface area (Å²) in [5.74, 6) is 1.02. The Labute approximate surface area is 164 Å². The highest BCUT2D eigenvalue weighted by Gasteiger charge is 2.27. The average molecular weight is 381 g/mol. The third kappa shape index (κ3) is 3.80. The topological polar surface area (TPSA) is 71.8 Å². The van der Waals surface area contributed by atoms with E-state index in [0.29, 0.717) is 26.3 Å². The summed E-state index contributed by atoms with van der Waals surface area (Å²) >= 11 is 0. The van der Waals surface area contributed by atoms with Gasteiger partial charge in [0.1, 0.15) is 0 Å². The molecule has 4 rings (SSSR count). The Morgan fingerprint density at radius 1 is 1.32 bits per heavy atom. The number of carbonyl (C=O) groups is 1. The van der Waals surface area contributed by atoms with Crippen LogP contribution in [0.5, 0.6) is 0 Å². The van der Waals surface area contributed by atoms with Crippen molar-refractivity contribution in [1.82, 2.24) is 19.7 Å². The number of pyridine rings is 1. The van der Waals surface area contributed by atoms with Crippen LogP contribution in [0.3, 0.4) is 0 Å². The number of carbonyl (C=O) groups excluding carboxylic acids is 1. The molecule has 1 amide bonds. The minimum Gasteiger partial charge on any atom is -0.382 e. The maximum absolute atomic E-state index is 12.6. The summed E-state index contributed by atoms with van der Waals surface area (Å²) in [5.41, 5.74) is 2.77. The first-order valence-corrected chi connectivity index (χ1v) is 10.1. The largest absolute Gasteiger partial charge is 0.382 e. The van der Waals surface area contributed by atoms with Gasteiger partial charge in [-0.1, -0.05) is 0 Å². The molecule has 3 aromatic rings. The molecule has 7 nitrogen and oxygen atoms in total. The molecule has 28 heavy (non-hydrogen) atoms. The monoisotopic (exact) mass is 381 g/mol. The van der Waals surface area contributed by atoms with Crippen molar-refractivity contribution in [3.05, 3.63) is 36.7 Å². The summed E-state index contributed by atoms with van der Waals surface area (Å²) < 4.78 is 7.46. The van der Waals surface area contributed by atoms with Crippen LogP contribution in [0.2, 0.25) is 0 Å². The van der Waals surface area contributed by atoms with Gasteiger partial charge in [0.05, 0.1) is 17.0 Å². The zero-order valence-electron chi connectivity index (χ0n) is 16.3. The van der Waals surface area contributed by atoms with E-state index < -0.39 is 0 Å². The number of amides is 1. The van der Waals surface area contributed by atoms with Gasteiger partial charge in [-0.15, -0.1) is 0 Å². The van der Waals surface area contributed by atoms with Crippen LogP contribution >= 0.6 is 0 Å². The summed E-state index contributed by atoms with van der Waals surface area (Å²) in [6.45, 7) is 5.63. The number of aromatic nitrogens is 3. The third-order valence-electron chi connectivity index (χ3n) is 5.28. The van der Waals surface area contributed by atoms with E-state index in [1.54, 1.807) is 6.20 Å². The standard InChI is InChI=1S/C21H27N5O2/c1-2-28-14-6-11-23-21(27)16-7-4-12-25(15-16)20-18-9-5-13-26(18)17-8-3-10-22-19(17)24-20/h3,5,8-10,13,16H,2,4,6-7,11-12,14-15H2,1H3,(H,23,27)/t16-/m0/s1. The molecular formula is C21H27N5O2. The van der Waals surface area contributed by atoms with Gasteiger partial charge in [0, 0.05) is 45.2 Å². The molecule has 0 spiro atoms. The third-order valence-corrected chi connectivity index (χ3v) is 5.28. The number of ether oxygens (including phenoxy) is 1. The second kappa shape index (κ2) is 8.56.